The van der Waals surface area contributed by atoms with Gasteiger partial charge in [-0.1, -0.05) is 6.92 Å². The summed E-state index contributed by atoms with van der Waals surface area (Å²) in [6, 6.07) is 2.87. The van der Waals surface area contributed by atoms with Crippen LogP contribution in [0.3, 0.4) is 0 Å². The lowest BCUT2D eigenvalue weighted by Gasteiger charge is -2.35. The molecule has 1 saturated heterocycles. The zero-order valence-electron chi connectivity index (χ0n) is 10.4. The van der Waals surface area contributed by atoms with Gasteiger partial charge in [0, 0.05) is 19.2 Å². The Hall–Kier alpha value is -1.04. The van der Waals surface area contributed by atoms with E-state index in [1.165, 1.54) is 12.1 Å². The van der Waals surface area contributed by atoms with Gasteiger partial charge in [-0.15, -0.1) is 0 Å². The van der Waals surface area contributed by atoms with Crippen molar-refractivity contribution in [2.75, 3.05) is 26.2 Å². The molecule has 0 saturated carbocycles. The van der Waals surface area contributed by atoms with Crippen molar-refractivity contribution < 1.29 is 13.5 Å². The number of hydrogen-bond acceptors (Lipinski definition) is 3. The van der Waals surface area contributed by atoms with Gasteiger partial charge < -0.3 is 10.5 Å². The van der Waals surface area contributed by atoms with Crippen LogP contribution in [-0.2, 0) is 4.74 Å². The molecule has 1 aliphatic rings. The highest BCUT2D eigenvalue weighted by Crippen LogP contribution is 2.21. The van der Waals surface area contributed by atoms with Gasteiger partial charge in [-0.2, -0.15) is 0 Å². The third-order valence-electron chi connectivity index (χ3n) is 3.30. The normalized spacial score (nSPS) is 23.0. The van der Waals surface area contributed by atoms with Crippen molar-refractivity contribution in [3.05, 3.63) is 35.4 Å². The van der Waals surface area contributed by atoms with E-state index in [9.17, 15) is 8.78 Å². The van der Waals surface area contributed by atoms with Crippen LogP contribution in [-0.4, -0.2) is 37.2 Å². The van der Waals surface area contributed by atoms with Crippen molar-refractivity contribution in [3.63, 3.8) is 0 Å². The molecule has 2 rings (SSSR count). The Morgan fingerprint density at radius 2 is 2.06 bits per heavy atom. The molecule has 1 aliphatic heterocycles. The quantitative estimate of drug-likeness (QED) is 0.894. The van der Waals surface area contributed by atoms with Gasteiger partial charge >= 0.3 is 0 Å². The molecule has 1 heterocycles. The molecule has 18 heavy (non-hydrogen) atoms. The highest BCUT2D eigenvalue weighted by Gasteiger charge is 2.26. The van der Waals surface area contributed by atoms with E-state index in [4.69, 9.17) is 10.5 Å². The van der Waals surface area contributed by atoms with Crippen molar-refractivity contribution in [1.82, 2.24) is 4.90 Å². The second-order valence-corrected chi connectivity index (χ2v) is 4.53. The van der Waals surface area contributed by atoms with Crippen LogP contribution < -0.4 is 5.73 Å². The molecular weight excluding hydrogens is 238 g/mol. The number of nitrogens with zero attached hydrogens (tertiary/aromatic N) is 1. The maximum absolute atomic E-state index is 13.2. The maximum atomic E-state index is 13.2. The minimum atomic E-state index is -0.608. The molecule has 2 unspecified atom stereocenters. The summed E-state index contributed by atoms with van der Waals surface area (Å²) in [6.45, 7) is 5.15. The Kier molecular flexibility index (Phi) is 4.27. The summed E-state index contributed by atoms with van der Waals surface area (Å²) in [7, 11) is 0. The molecule has 0 amide bonds. The van der Waals surface area contributed by atoms with Crippen LogP contribution in [0.25, 0.3) is 0 Å². The average Bonchev–Trinajstić information content (AvgIpc) is 2.37. The van der Waals surface area contributed by atoms with Gasteiger partial charge in [0.2, 0.25) is 0 Å². The van der Waals surface area contributed by atoms with Crippen molar-refractivity contribution in [2.24, 2.45) is 5.73 Å². The molecule has 0 radical (unpaired) electrons. The van der Waals surface area contributed by atoms with Gasteiger partial charge in [0.1, 0.15) is 11.6 Å². The molecule has 1 aromatic carbocycles. The number of nitrogens with two attached hydrogens (primary N) is 1. The van der Waals surface area contributed by atoms with Crippen molar-refractivity contribution >= 4 is 0 Å². The lowest BCUT2D eigenvalue weighted by atomic mass is 10.0. The Bertz CT molecular complexity index is 394. The molecule has 100 valence electrons. The van der Waals surface area contributed by atoms with E-state index in [0.29, 0.717) is 18.7 Å². The third-order valence-corrected chi connectivity index (χ3v) is 3.30. The minimum Gasteiger partial charge on any atom is -0.374 e. The fourth-order valence-corrected chi connectivity index (χ4v) is 2.22. The molecule has 0 aromatic heterocycles. The van der Waals surface area contributed by atoms with Crippen LogP contribution in [0.2, 0.25) is 0 Å². The Balaban J connectivity index is 2.12. The Morgan fingerprint density at radius 3 is 2.67 bits per heavy atom. The van der Waals surface area contributed by atoms with Crippen LogP contribution in [0.15, 0.2) is 18.2 Å². The summed E-state index contributed by atoms with van der Waals surface area (Å²) in [6.07, 6.45) is -0.222. The number of morpholine rings is 1. The number of halogens is 2. The predicted molar refractivity (Wildman–Crippen MR) is 65.1 cm³/mol. The highest BCUT2D eigenvalue weighted by atomic mass is 19.1. The van der Waals surface area contributed by atoms with Crippen LogP contribution >= 0.6 is 0 Å². The van der Waals surface area contributed by atoms with E-state index >= 15 is 0 Å². The molecule has 0 aliphatic carbocycles. The van der Waals surface area contributed by atoms with Crippen LogP contribution in [0, 0.1) is 11.6 Å². The number of hydrogen-bond donors (Lipinski definition) is 1. The minimum absolute atomic E-state index is 0.222. The number of ether oxygens (including phenoxy) is 1. The largest absolute Gasteiger partial charge is 0.374 e. The summed E-state index contributed by atoms with van der Waals surface area (Å²) in [5.74, 6) is -1.22. The van der Waals surface area contributed by atoms with Crippen LogP contribution in [0.1, 0.15) is 18.5 Å². The first-order valence-corrected chi connectivity index (χ1v) is 6.15. The van der Waals surface area contributed by atoms with E-state index in [-0.39, 0.29) is 6.10 Å². The van der Waals surface area contributed by atoms with Gasteiger partial charge in [-0.25, -0.2) is 8.78 Å². The molecule has 1 fully saturated rings. The third kappa shape index (κ3) is 3.04. The molecule has 5 heteroatoms. The van der Waals surface area contributed by atoms with Gasteiger partial charge in [0.05, 0.1) is 18.8 Å². The van der Waals surface area contributed by atoms with Gasteiger partial charge in [0.25, 0.3) is 0 Å². The Labute approximate surface area is 106 Å². The van der Waals surface area contributed by atoms with E-state index in [1.54, 1.807) is 0 Å². The van der Waals surface area contributed by atoms with Gasteiger partial charge in [-0.05, 0) is 24.2 Å². The monoisotopic (exact) mass is 256 g/mol. The summed E-state index contributed by atoms with van der Waals surface area (Å²) in [5, 5.41) is 0. The van der Waals surface area contributed by atoms with Crippen molar-refractivity contribution in [1.29, 1.82) is 0 Å². The maximum Gasteiger partial charge on any atom is 0.126 e. The molecule has 1 aromatic rings. The molecular formula is C13H18F2N2O. The molecule has 3 nitrogen and oxygen atoms in total. The van der Waals surface area contributed by atoms with Crippen molar-refractivity contribution in [3.8, 4) is 0 Å². The summed E-state index contributed by atoms with van der Waals surface area (Å²) in [5.41, 5.74) is 6.48. The number of rotatable bonds is 3. The average molecular weight is 256 g/mol. The van der Waals surface area contributed by atoms with Crippen molar-refractivity contribution in [2.45, 2.75) is 19.1 Å². The SMILES string of the molecule is CCN1CCOC(C(N)c2cc(F)cc(F)c2)C1. The first-order chi connectivity index (χ1) is 8.60. The lowest BCUT2D eigenvalue weighted by molar-refractivity contribution is -0.0393. The zero-order valence-corrected chi connectivity index (χ0v) is 10.4. The molecule has 0 bridgehead atoms. The first-order valence-electron chi connectivity index (χ1n) is 6.15. The fraction of sp³-hybridized carbons (Fsp3) is 0.538. The lowest BCUT2D eigenvalue weighted by Crippen LogP contribution is -2.46. The summed E-state index contributed by atoms with van der Waals surface area (Å²) < 4.78 is 31.9. The molecule has 0 spiro atoms. The van der Waals surface area contributed by atoms with Crippen LogP contribution in [0.5, 0.6) is 0 Å². The highest BCUT2D eigenvalue weighted by molar-refractivity contribution is 5.22. The van der Waals surface area contributed by atoms with E-state index in [2.05, 4.69) is 11.8 Å². The smallest absolute Gasteiger partial charge is 0.126 e. The van der Waals surface area contributed by atoms with Gasteiger partial charge in [0.15, 0.2) is 0 Å². The standard InChI is InChI=1S/C13H18F2N2O/c1-2-17-3-4-18-12(8-17)13(16)9-5-10(14)7-11(15)6-9/h5-7,12-13H,2-4,8,16H2,1H3. The first kappa shape index (κ1) is 13.4. The second kappa shape index (κ2) is 5.73. The second-order valence-electron chi connectivity index (χ2n) is 4.53. The van der Waals surface area contributed by atoms with Gasteiger partial charge in [-0.3, -0.25) is 4.90 Å². The predicted octanol–water partition coefficient (Wildman–Crippen LogP) is 1.69. The number of benzene rings is 1. The fourth-order valence-electron chi connectivity index (χ4n) is 2.22. The topological polar surface area (TPSA) is 38.5 Å². The number of likely N-dealkylation sites (N-methyl/N-ethyl adjacent to an activating group) is 1. The zero-order chi connectivity index (χ0) is 13.1. The van der Waals surface area contributed by atoms with E-state index < -0.39 is 17.7 Å². The molecule has 2 atom stereocenters. The van der Waals surface area contributed by atoms with E-state index in [1.807, 2.05) is 0 Å². The van der Waals surface area contributed by atoms with Crippen LogP contribution in [0.4, 0.5) is 8.78 Å². The Morgan fingerprint density at radius 1 is 1.39 bits per heavy atom. The summed E-state index contributed by atoms with van der Waals surface area (Å²) in [4.78, 5) is 2.21. The molecule has 2 N–H and O–H groups in total. The van der Waals surface area contributed by atoms with E-state index in [0.717, 1.165) is 19.2 Å². The summed E-state index contributed by atoms with van der Waals surface area (Å²) >= 11 is 0.